The van der Waals surface area contributed by atoms with Crippen molar-refractivity contribution in [1.82, 2.24) is 10.2 Å². The van der Waals surface area contributed by atoms with E-state index < -0.39 is 0 Å². The number of hydrogen-bond donors (Lipinski definition) is 2. The van der Waals surface area contributed by atoms with Gasteiger partial charge in [-0.3, -0.25) is 0 Å². The molecule has 0 bridgehead atoms. The molecule has 0 fully saturated rings. The molecule has 1 atom stereocenters. The fourth-order valence-electron chi connectivity index (χ4n) is 3.06. The van der Waals surface area contributed by atoms with Crippen LogP contribution in [0.5, 0.6) is 5.75 Å². The maximum absolute atomic E-state index is 12.3. The molecule has 5 nitrogen and oxygen atoms in total. The Labute approximate surface area is 159 Å². The predicted molar refractivity (Wildman–Crippen MR) is 110 cm³/mol. The summed E-state index contributed by atoms with van der Waals surface area (Å²) in [4.78, 5) is 14.4. The highest BCUT2D eigenvalue weighted by Gasteiger charge is 2.15. The summed E-state index contributed by atoms with van der Waals surface area (Å²) in [5.41, 5.74) is 1.89. The molecule has 1 unspecified atom stereocenters. The monoisotopic (exact) mass is 363 g/mol. The summed E-state index contributed by atoms with van der Waals surface area (Å²) in [5, 5.41) is 8.12. The van der Waals surface area contributed by atoms with Crippen LogP contribution < -0.4 is 15.4 Å². The lowest BCUT2D eigenvalue weighted by Crippen LogP contribution is -2.36. The topological polar surface area (TPSA) is 53.6 Å². The number of rotatable bonds is 6. The van der Waals surface area contributed by atoms with Crippen molar-refractivity contribution >= 4 is 22.5 Å². The van der Waals surface area contributed by atoms with Crippen LogP contribution in [0, 0.1) is 0 Å². The van der Waals surface area contributed by atoms with E-state index in [9.17, 15) is 4.79 Å². The number of methoxy groups -OCH3 is 1. The van der Waals surface area contributed by atoms with E-state index in [2.05, 4.69) is 21.6 Å². The Morgan fingerprint density at radius 2 is 1.70 bits per heavy atom. The number of ether oxygens (including phenoxy) is 1. The standard InChI is InChI=1S/C22H25N3O2/c1-25(2)21(17-9-12-20(27-3)13-10-17)15-23-22(26)24-19-11-8-16-6-4-5-7-18(16)14-19/h4-14,21H,15H2,1-3H3,(H2,23,24,26). The number of fused-ring (bicyclic) bond motifs is 1. The van der Waals surface area contributed by atoms with Crippen molar-refractivity contribution in [1.29, 1.82) is 0 Å². The first-order valence-corrected chi connectivity index (χ1v) is 8.91. The van der Waals surface area contributed by atoms with Crippen molar-refractivity contribution in [3.63, 3.8) is 0 Å². The van der Waals surface area contributed by atoms with Gasteiger partial charge < -0.3 is 20.3 Å². The molecule has 0 aliphatic heterocycles. The highest BCUT2D eigenvalue weighted by Crippen LogP contribution is 2.21. The van der Waals surface area contributed by atoms with Crippen LogP contribution in [0.1, 0.15) is 11.6 Å². The molecule has 0 saturated carbocycles. The van der Waals surface area contributed by atoms with Crippen molar-refractivity contribution < 1.29 is 9.53 Å². The second-order valence-electron chi connectivity index (χ2n) is 6.65. The van der Waals surface area contributed by atoms with Crippen LogP contribution in [0.2, 0.25) is 0 Å². The lowest BCUT2D eigenvalue weighted by atomic mass is 10.1. The van der Waals surface area contributed by atoms with Crippen molar-refractivity contribution in [2.45, 2.75) is 6.04 Å². The van der Waals surface area contributed by atoms with E-state index >= 15 is 0 Å². The van der Waals surface area contributed by atoms with Crippen LogP contribution in [0.3, 0.4) is 0 Å². The molecule has 0 spiro atoms. The third kappa shape index (κ3) is 4.77. The molecule has 2 N–H and O–H groups in total. The Bertz CT molecular complexity index is 907. The minimum Gasteiger partial charge on any atom is -0.497 e. The average molecular weight is 363 g/mol. The number of nitrogens with one attached hydrogen (secondary N) is 2. The van der Waals surface area contributed by atoms with Crippen LogP contribution in [0.15, 0.2) is 66.7 Å². The van der Waals surface area contributed by atoms with E-state index in [4.69, 9.17) is 4.74 Å². The SMILES string of the molecule is COc1ccc(C(CNC(=O)Nc2ccc3ccccc3c2)N(C)C)cc1. The van der Waals surface area contributed by atoms with Gasteiger partial charge >= 0.3 is 6.03 Å². The highest BCUT2D eigenvalue weighted by atomic mass is 16.5. The number of anilines is 1. The van der Waals surface area contributed by atoms with Gasteiger partial charge in [-0.1, -0.05) is 42.5 Å². The lowest BCUT2D eigenvalue weighted by molar-refractivity contribution is 0.243. The van der Waals surface area contributed by atoms with Gasteiger partial charge in [0.05, 0.1) is 13.2 Å². The molecule has 0 aliphatic rings. The predicted octanol–water partition coefficient (Wildman–Crippen LogP) is 4.27. The lowest BCUT2D eigenvalue weighted by Gasteiger charge is -2.25. The first-order chi connectivity index (χ1) is 13.1. The zero-order chi connectivity index (χ0) is 19.2. The molecule has 27 heavy (non-hydrogen) atoms. The van der Waals surface area contributed by atoms with E-state index in [-0.39, 0.29) is 12.1 Å². The van der Waals surface area contributed by atoms with E-state index in [1.165, 1.54) is 0 Å². The molecule has 3 rings (SSSR count). The number of carbonyl (C=O) groups is 1. The average Bonchev–Trinajstić information content (AvgIpc) is 2.68. The van der Waals surface area contributed by atoms with Gasteiger partial charge in [0.2, 0.25) is 0 Å². The molecular weight excluding hydrogens is 338 g/mol. The first kappa shape index (κ1) is 18.7. The molecule has 2 amide bonds. The second kappa shape index (κ2) is 8.56. The van der Waals surface area contributed by atoms with Crippen molar-refractivity contribution in [2.75, 3.05) is 33.1 Å². The summed E-state index contributed by atoms with van der Waals surface area (Å²) in [6, 6.07) is 21.7. The van der Waals surface area contributed by atoms with Crippen LogP contribution in [0.4, 0.5) is 10.5 Å². The minimum atomic E-state index is -0.217. The van der Waals surface area contributed by atoms with Crippen LogP contribution in [-0.2, 0) is 0 Å². The van der Waals surface area contributed by atoms with Gasteiger partial charge in [-0.2, -0.15) is 0 Å². The fourth-order valence-corrected chi connectivity index (χ4v) is 3.06. The zero-order valence-electron chi connectivity index (χ0n) is 15.9. The quantitative estimate of drug-likeness (QED) is 0.687. The third-order valence-electron chi connectivity index (χ3n) is 4.59. The summed E-state index contributed by atoms with van der Waals surface area (Å²) in [7, 11) is 5.65. The Morgan fingerprint density at radius 3 is 2.37 bits per heavy atom. The van der Waals surface area contributed by atoms with Crippen molar-refractivity contribution in [2.24, 2.45) is 0 Å². The van der Waals surface area contributed by atoms with Gasteiger partial charge in [0.25, 0.3) is 0 Å². The van der Waals surface area contributed by atoms with E-state index in [0.717, 1.165) is 27.8 Å². The smallest absolute Gasteiger partial charge is 0.319 e. The molecule has 0 aromatic heterocycles. The Balaban J connectivity index is 1.62. The van der Waals surface area contributed by atoms with E-state index in [1.807, 2.05) is 74.8 Å². The molecular formula is C22H25N3O2. The highest BCUT2D eigenvalue weighted by molar-refractivity contribution is 5.93. The van der Waals surface area contributed by atoms with Gasteiger partial charge in [0, 0.05) is 12.2 Å². The van der Waals surface area contributed by atoms with Gasteiger partial charge in [-0.05, 0) is 54.7 Å². The van der Waals surface area contributed by atoms with Crippen molar-refractivity contribution in [3.05, 3.63) is 72.3 Å². The van der Waals surface area contributed by atoms with Gasteiger partial charge in [0.15, 0.2) is 0 Å². The number of benzene rings is 3. The zero-order valence-corrected chi connectivity index (χ0v) is 15.9. The van der Waals surface area contributed by atoms with Crippen LogP contribution in [0.25, 0.3) is 10.8 Å². The summed E-state index contributed by atoms with van der Waals surface area (Å²) >= 11 is 0. The first-order valence-electron chi connectivity index (χ1n) is 8.91. The number of carbonyl (C=O) groups excluding carboxylic acids is 1. The maximum Gasteiger partial charge on any atom is 0.319 e. The number of likely N-dealkylation sites (N-methyl/N-ethyl adjacent to an activating group) is 1. The Hall–Kier alpha value is -3.05. The largest absolute Gasteiger partial charge is 0.497 e. The van der Waals surface area contributed by atoms with Gasteiger partial charge in [0.1, 0.15) is 5.75 Å². The third-order valence-corrected chi connectivity index (χ3v) is 4.59. The molecule has 3 aromatic carbocycles. The van der Waals surface area contributed by atoms with Gasteiger partial charge in [-0.25, -0.2) is 4.79 Å². The van der Waals surface area contributed by atoms with Crippen molar-refractivity contribution in [3.8, 4) is 5.75 Å². The van der Waals surface area contributed by atoms with Crippen LogP contribution in [-0.4, -0.2) is 38.7 Å². The number of hydrogen-bond acceptors (Lipinski definition) is 3. The number of amides is 2. The molecule has 140 valence electrons. The van der Waals surface area contributed by atoms with Crippen LogP contribution >= 0.6 is 0 Å². The molecule has 0 aliphatic carbocycles. The summed E-state index contributed by atoms with van der Waals surface area (Å²) in [6.07, 6.45) is 0. The summed E-state index contributed by atoms with van der Waals surface area (Å²) < 4.78 is 5.21. The minimum absolute atomic E-state index is 0.0678. The van der Waals surface area contributed by atoms with E-state index in [1.54, 1.807) is 7.11 Å². The number of nitrogens with zero attached hydrogens (tertiary/aromatic N) is 1. The Morgan fingerprint density at radius 1 is 1.00 bits per heavy atom. The molecule has 0 heterocycles. The summed E-state index contributed by atoms with van der Waals surface area (Å²) in [6.45, 7) is 0.499. The van der Waals surface area contributed by atoms with Gasteiger partial charge in [-0.15, -0.1) is 0 Å². The Kier molecular flexibility index (Phi) is 5.94. The van der Waals surface area contributed by atoms with E-state index in [0.29, 0.717) is 6.54 Å². The molecule has 5 heteroatoms. The summed E-state index contributed by atoms with van der Waals surface area (Å²) in [5.74, 6) is 0.818. The normalized spacial score (nSPS) is 12.0. The molecule has 3 aromatic rings. The molecule has 0 saturated heterocycles. The fraction of sp³-hybridized carbons (Fsp3) is 0.227. The number of urea groups is 1. The second-order valence-corrected chi connectivity index (χ2v) is 6.65. The maximum atomic E-state index is 12.3. The molecule has 0 radical (unpaired) electrons.